The van der Waals surface area contributed by atoms with Crippen molar-refractivity contribution in [2.24, 2.45) is 5.92 Å². The lowest BCUT2D eigenvalue weighted by Crippen LogP contribution is -2.52. The number of unbranched alkanes of at least 4 members (excludes halogenated alkanes) is 1. The molecule has 1 atom stereocenters. The van der Waals surface area contributed by atoms with Gasteiger partial charge in [0.25, 0.3) is 5.91 Å². The maximum absolute atomic E-state index is 12.7. The van der Waals surface area contributed by atoms with Crippen LogP contribution >= 0.6 is 0 Å². The number of benzene rings is 2. The van der Waals surface area contributed by atoms with E-state index in [4.69, 9.17) is 38.9 Å². The Labute approximate surface area is 458 Å². The zero-order chi connectivity index (χ0) is 57.4. The number of H-pyrrole nitrogens is 1. The molecule has 0 radical (unpaired) electrons. The summed E-state index contributed by atoms with van der Waals surface area (Å²) in [6, 6.07) is 10.8. The van der Waals surface area contributed by atoms with Crippen molar-refractivity contribution in [1.82, 2.24) is 46.1 Å². The molecule has 5 amide bonds. The zero-order valence-electron chi connectivity index (χ0n) is 45.7. The van der Waals surface area contributed by atoms with Crippen molar-refractivity contribution in [3.8, 4) is 17.5 Å². The van der Waals surface area contributed by atoms with Crippen molar-refractivity contribution in [2.75, 3.05) is 91.9 Å². The highest BCUT2D eigenvalue weighted by Crippen LogP contribution is 2.29. The van der Waals surface area contributed by atoms with E-state index in [9.17, 15) is 38.4 Å². The van der Waals surface area contributed by atoms with E-state index in [1.807, 2.05) is 6.92 Å². The first kappa shape index (κ1) is 63.6. The molecular weight excluding hydrogens is 1030 g/mol. The molecule has 0 spiro atoms. The number of methoxy groups -OCH3 is 1. The van der Waals surface area contributed by atoms with Crippen LogP contribution in [0.1, 0.15) is 101 Å². The summed E-state index contributed by atoms with van der Waals surface area (Å²) in [6.07, 6.45) is 5.88. The van der Waals surface area contributed by atoms with Gasteiger partial charge in [-0.1, -0.05) is 45.4 Å². The number of carbonyl (C=O) groups is 7. The molecule has 0 bridgehead atoms. The Kier molecular flexibility index (Phi) is 28.6. The van der Waals surface area contributed by atoms with Gasteiger partial charge in [-0.25, -0.2) is 4.79 Å². The number of imidazole rings is 1. The Morgan fingerprint density at radius 2 is 1.42 bits per heavy atom. The van der Waals surface area contributed by atoms with Gasteiger partial charge in [-0.2, -0.15) is 9.97 Å². The SMILES string of the molecule is CCCCOc1nc(N)c2[nH]c(=O)n(Cc3ccc(C(=O)NCCCOCCOCCOCCCNC(=O)CCC(=O)Oc4ccc(/C=C/C(=O)NCC(=O)NC(C(=O)NCCCC(=O)OCC)C(C)C)cc4OC)cc3)c2n1. The Morgan fingerprint density at radius 3 is 2.09 bits per heavy atom. The van der Waals surface area contributed by atoms with Gasteiger partial charge >= 0.3 is 23.6 Å². The number of carbonyl (C=O) groups excluding carboxylic acids is 7. The predicted octanol–water partition coefficient (Wildman–Crippen LogP) is 2.73. The standard InChI is InChI=1S/C54H76N10O15/c1-6-8-28-78-53-62-49(55)48-50(63-53)64(54(72)61-48)35-38-13-17-39(18-14-38)51(70)57-25-11-27-75-30-32-76-31-29-74-26-10-24-56-42(65)21-22-46(69)79-40-19-15-37(33-41(40)73-5)16-20-43(66)59-34-44(67)60-47(36(3)4)52(71)58-23-9-12-45(68)77-7-2/h13-20,33,36,47H,6-12,21-32,34-35H2,1-5H3,(H,56,65)(H,57,70)(H,58,71)(H,59,66)(H,60,67)(H,61,72)(H2,55,62,63)/b20-16+. The number of rotatable bonds is 38. The molecule has 25 nitrogen and oxygen atoms in total. The quantitative estimate of drug-likeness (QED) is 0.0147. The number of aromatic nitrogens is 4. The molecule has 2 aromatic heterocycles. The fourth-order valence-electron chi connectivity index (χ4n) is 7.21. The van der Waals surface area contributed by atoms with Gasteiger partial charge in [0.05, 0.1) is 66.3 Å². The summed E-state index contributed by atoms with van der Waals surface area (Å²) < 4.78 is 39.4. The Hall–Kier alpha value is -7.90. The molecule has 4 rings (SSSR count). The van der Waals surface area contributed by atoms with E-state index in [0.717, 1.165) is 18.4 Å². The van der Waals surface area contributed by atoms with E-state index < -0.39 is 35.4 Å². The van der Waals surface area contributed by atoms with Crippen LogP contribution in [0, 0.1) is 5.92 Å². The number of aromatic amines is 1. The van der Waals surface area contributed by atoms with E-state index in [1.165, 1.54) is 29.9 Å². The predicted molar refractivity (Wildman–Crippen MR) is 291 cm³/mol. The molecule has 0 saturated carbocycles. The van der Waals surface area contributed by atoms with Crippen LogP contribution in [-0.2, 0) is 54.3 Å². The lowest BCUT2D eigenvalue weighted by Gasteiger charge is -2.21. The lowest BCUT2D eigenvalue weighted by molar-refractivity contribution is -0.143. The van der Waals surface area contributed by atoms with Gasteiger partial charge in [0.15, 0.2) is 23.0 Å². The van der Waals surface area contributed by atoms with E-state index in [-0.39, 0.29) is 92.5 Å². The number of anilines is 1. The van der Waals surface area contributed by atoms with Crippen LogP contribution in [0.15, 0.2) is 53.3 Å². The number of fused-ring (bicyclic) bond motifs is 1. The van der Waals surface area contributed by atoms with E-state index >= 15 is 0 Å². The average molecular weight is 1110 g/mol. The number of nitrogen functional groups attached to an aromatic ring is 1. The topological polar surface area (TPSA) is 334 Å². The van der Waals surface area contributed by atoms with Crippen molar-refractivity contribution < 1.29 is 66.7 Å². The largest absolute Gasteiger partial charge is 0.493 e. The molecule has 4 aromatic rings. The monoisotopic (exact) mass is 1100 g/mol. The Bertz CT molecular complexity index is 2690. The number of amides is 5. The fraction of sp³-hybridized carbons (Fsp3) is 0.519. The Balaban J connectivity index is 0.983. The maximum atomic E-state index is 12.7. The normalized spacial score (nSPS) is 11.5. The summed E-state index contributed by atoms with van der Waals surface area (Å²) in [4.78, 5) is 111. The third-order valence-electron chi connectivity index (χ3n) is 11.4. The summed E-state index contributed by atoms with van der Waals surface area (Å²) >= 11 is 0. The van der Waals surface area contributed by atoms with Crippen LogP contribution in [0.2, 0.25) is 0 Å². The molecule has 25 heteroatoms. The summed E-state index contributed by atoms with van der Waals surface area (Å²) in [5.74, 6) is -2.90. The van der Waals surface area contributed by atoms with E-state index in [2.05, 4.69) is 41.5 Å². The minimum Gasteiger partial charge on any atom is -0.493 e. The van der Waals surface area contributed by atoms with Gasteiger partial charge < -0.3 is 70.5 Å². The van der Waals surface area contributed by atoms with Gasteiger partial charge in [0.1, 0.15) is 11.6 Å². The molecule has 0 fully saturated rings. The van der Waals surface area contributed by atoms with E-state index in [1.54, 1.807) is 57.2 Å². The fourth-order valence-corrected chi connectivity index (χ4v) is 7.21. The minimum absolute atomic E-state index is 0.0927. The zero-order valence-corrected chi connectivity index (χ0v) is 45.7. The molecule has 0 aliphatic rings. The van der Waals surface area contributed by atoms with Crippen LogP contribution in [0.4, 0.5) is 5.82 Å². The molecule has 2 heterocycles. The maximum Gasteiger partial charge on any atom is 0.328 e. The first-order chi connectivity index (χ1) is 38.1. The van der Waals surface area contributed by atoms with Crippen LogP contribution in [-0.4, -0.2) is 153 Å². The number of nitrogens with zero attached hydrogens (tertiary/aromatic N) is 3. The van der Waals surface area contributed by atoms with Crippen molar-refractivity contribution in [3.63, 3.8) is 0 Å². The number of nitrogens with two attached hydrogens (primary N) is 1. The average Bonchev–Trinajstić information content (AvgIpc) is 3.78. The molecule has 8 N–H and O–H groups in total. The van der Waals surface area contributed by atoms with Gasteiger partial charge in [-0.15, -0.1) is 0 Å². The minimum atomic E-state index is -0.850. The number of esters is 2. The van der Waals surface area contributed by atoms with Crippen molar-refractivity contribution in [2.45, 2.75) is 91.6 Å². The second-order valence-corrected chi connectivity index (χ2v) is 18.1. The summed E-state index contributed by atoms with van der Waals surface area (Å²) in [6.45, 7) is 11.1. The molecule has 432 valence electrons. The molecule has 2 aromatic carbocycles. The summed E-state index contributed by atoms with van der Waals surface area (Å²) in [5, 5.41) is 13.4. The third-order valence-corrected chi connectivity index (χ3v) is 11.4. The van der Waals surface area contributed by atoms with Gasteiger partial charge in [0, 0.05) is 57.3 Å². The number of hydrogen-bond donors (Lipinski definition) is 7. The lowest BCUT2D eigenvalue weighted by atomic mass is 10.0. The van der Waals surface area contributed by atoms with Crippen LogP contribution in [0.3, 0.4) is 0 Å². The third kappa shape index (κ3) is 23.7. The number of nitrogens with one attached hydrogen (secondary N) is 6. The van der Waals surface area contributed by atoms with Gasteiger partial charge in [-0.05, 0) is 80.0 Å². The number of ether oxygens (including phenoxy) is 7. The second-order valence-electron chi connectivity index (χ2n) is 18.1. The highest BCUT2D eigenvalue weighted by molar-refractivity contribution is 5.96. The van der Waals surface area contributed by atoms with E-state index in [0.29, 0.717) is 101 Å². The molecule has 1 unspecified atom stereocenters. The van der Waals surface area contributed by atoms with Crippen LogP contribution in [0.25, 0.3) is 17.2 Å². The first-order valence-electron chi connectivity index (χ1n) is 26.4. The second kappa shape index (κ2) is 35.5. The highest BCUT2D eigenvalue weighted by atomic mass is 16.6. The highest BCUT2D eigenvalue weighted by Gasteiger charge is 2.24. The molecule has 79 heavy (non-hydrogen) atoms. The van der Waals surface area contributed by atoms with Crippen LogP contribution < -0.4 is 52.2 Å². The van der Waals surface area contributed by atoms with Gasteiger partial charge in [0.2, 0.25) is 23.6 Å². The molecule has 0 aliphatic heterocycles. The van der Waals surface area contributed by atoms with Gasteiger partial charge in [-0.3, -0.25) is 38.1 Å². The first-order valence-corrected chi connectivity index (χ1v) is 26.4. The van der Waals surface area contributed by atoms with Crippen LogP contribution in [0.5, 0.6) is 17.5 Å². The summed E-state index contributed by atoms with van der Waals surface area (Å²) in [5.41, 5.74) is 8.12. The smallest absolute Gasteiger partial charge is 0.328 e. The Morgan fingerprint density at radius 1 is 0.734 bits per heavy atom. The van der Waals surface area contributed by atoms with Crippen molar-refractivity contribution in [3.05, 3.63) is 75.7 Å². The molecule has 0 saturated heterocycles. The molecular formula is C54H76N10O15. The number of hydrogen-bond acceptors (Lipinski definition) is 18. The van der Waals surface area contributed by atoms with Crippen molar-refractivity contribution in [1.29, 1.82) is 0 Å². The van der Waals surface area contributed by atoms with Crippen molar-refractivity contribution >= 4 is 64.5 Å². The summed E-state index contributed by atoms with van der Waals surface area (Å²) in [7, 11) is 1.38. The molecule has 0 aliphatic carbocycles.